The van der Waals surface area contributed by atoms with Gasteiger partial charge < -0.3 is 4.74 Å². The van der Waals surface area contributed by atoms with Gasteiger partial charge in [-0.25, -0.2) is 19.9 Å². The van der Waals surface area contributed by atoms with E-state index in [1.807, 2.05) is 54.2 Å². The van der Waals surface area contributed by atoms with Crippen molar-refractivity contribution in [2.75, 3.05) is 7.05 Å². The van der Waals surface area contributed by atoms with Crippen LogP contribution < -0.4 is 9.31 Å². The second-order valence-electron chi connectivity index (χ2n) is 20.4. The summed E-state index contributed by atoms with van der Waals surface area (Å²) in [6.07, 6.45) is 1.84. The van der Waals surface area contributed by atoms with Crippen LogP contribution in [-0.2, 0) is 16.2 Å². The first-order chi connectivity index (χ1) is 31.5. The quantitative estimate of drug-likeness (QED) is 0.149. The number of hydrogen-bond acceptors (Lipinski definition) is 5. The minimum Gasteiger partial charge on any atom is -0.456 e. The van der Waals surface area contributed by atoms with Crippen molar-refractivity contribution >= 4 is 44.9 Å². The zero-order chi connectivity index (χ0) is 46.1. The summed E-state index contributed by atoms with van der Waals surface area (Å²) >= 11 is 0. The van der Waals surface area contributed by atoms with Crippen molar-refractivity contribution in [3.63, 3.8) is 0 Å². The minimum atomic E-state index is -0.0763. The Morgan fingerprint density at radius 3 is 1.70 bits per heavy atom. The van der Waals surface area contributed by atoms with Gasteiger partial charge in [0.1, 0.15) is 17.3 Å². The van der Waals surface area contributed by atoms with Crippen LogP contribution in [0.15, 0.2) is 152 Å². The molecule has 8 nitrogen and oxygen atoms in total. The zero-order valence-electron chi connectivity index (χ0n) is 39.5. The van der Waals surface area contributed by atoms with Gasteiger partial charge in [-0.15, -0.1) is 0 Å². The predicted octanol–water partition coefficient (Wildman–Crippen LogP) is 14.3. The van der Waals surface area contributed by atoms with Crippen molar-refractivity contribution in [2.24, 2.45) is 0 Å². The molecule has 3 aromatic heterocycles. The van der Waals surface area contributed by atoms with Gasteiger partial charge in [-0.05, 0) is 73.9 Å². The highest BCUT2D eigenvalue weighted by atomic mass is 16.5. The maximum Gasteiger partial charge on any atom is 0.496 e. The molecule has 0 atom stereocenters. The molecule has 0 fully saturated rings. The van der Waals surface area contributed by atoms with Gasteiger partial charge in [0.2, 0.25) is 5.69 Å². The van der Waals surface area contributed by atoms with Crippen LogP contribution in [0.5, 0.6) is 11.5 Å². The van der Waals surface area contributed by atoms with Gasteiger partial charge in [0, 0.05) is 52.4 Å². The third kappa shape index (κ3) is 7.88. The molecule has 10 rings (SSSR count). The number of aromatic nitrogens is 5. The lowest BCUT2D eigenvalue weighted by molar-refractivity contribution is -0.394. The fourth-order valence-electron chi connectivity index (χ4n) is 8.70. The van der Waals surface area contributed by atoms with Crippen molar-refractivity contribution < 1.29 is 9.31 Å². The minimum absolute atomic E-state index is 0.00679. The Morgan fingerprint density at radius 2 is 1.09 bits per heavy atom. The van der Waals surface area contributed by atoms with Crippen LogP contribution in [0, 0.1) is 0 Å². The summed E-state index contributed by atoms with van der Waals surface area (Å²) in [7, 11) is 2.01. The molecule has 9 aromatic rings. The van der Waals surface area contributed by atoms with E-state index in [0.29, 0.717) is 29.0 Å². The Hall–Kier alpha value is -7.54. The van der Waals surface area contributed by atoms with E-state index in [-0.39, 0.29) is 16.2 Å². The zero-order valence-corrected chi connectivity index (χ0v) is 39.5. The Morgan fingerprint density at radius 1 is 0.515 bits per heavy atom. The smallest absolute Gasteiger partial charge is 0.456 e. The Balaban J connectivity index is 1.23. The van der Waals surface area contributed by atoms with E-state index in [4.69, 9.17) is 24.7 Å². The maximum absolute atomic E-state index is 7.15. The van der Waals surface area contributed by atoms with E-state index in [1.54, 1.807) is 0 Å². The van der Waals surface area contributed by atoms with Gasteiger partial charge in [-0.3, -0.25) is 4.57 Å². The molecule has 4 heterocycles. The number of pyridine rings is 1. The number of ether oxygens (including phenoxy) is 1. The summed E-state index contributed by atoms with van der Waals surface area (Å²) in [4.78, 5) is 20.7. The molecule has 326 valence electrons. The molecule has 0 radical (unpaired) electrons. The molecule has 66 heavy (non-hydrogen) atoms. The van der Waals surface area contributed by atoms with Crippen molar-refractivity contribution in [3.05, 3.63) is 168 Å². The number of hydrogen-bond donors (Lipinski definition) is 0. The van der Waals surface area contributed by atoms with Crippen LogP contribution in [0.25, 0.3) is 61.8 Å². The molecule has 8 heteroatoms. The topological polar surface area (TPSA) is 71.7 Å². The fourth-order valence-corrected chi connectivity index (χ4v) is 8.70. The molecule has 0 bridgehead atoms. The van der Waals surface area contributed by atoms with Crippen molar-refractivity contribution in [1.29, 1.82) is 0 Å². The first kappa shape index (κ1) is 42.4. The van der Waals surface area contributed by atoms with E-state index >= 15 is 0 Å². The van der Waals surface area contributed by atoms with E-state index in [0.717, 1.165) is 61.4 Å². The van der Waals surface area contributed by atoms with Crippen LogP contribution in [0.2, 0.25) is 0 Å². The van der Waals surface area contributed by atoms with Crippen molar-refractivity contribution in [2.45, 2.75) is 78.6 Å². The lowest BCUT2D eigenvalue weighted by Gasteiger charge is -2.19. The third-order valence-electron chi connectivity index (χ3n) is 12.5. The maximum atomic E-state index is 7.15. The molecule has 0 aliphatic carbocycles. The summed E-state index contributed by atoms with van der Waals surface area (Å²) in [6.45, 7) is 20.1. The number of rotatable bonds is 7. The standard InChI is InChI=1S/C58H55N7O/c1-56(2,3)39-25-21-37(22-26-39)53-60-54(38-23-27-40(28-24-38)57(4,5)6)62-55(61-53)46-34-45-44-32-41(58(7,8)9)29-30-47(44)65(52-20-13-14-31-59-52)50(45)35-51(46)66-43-17-15-16-42(33-43)64-36-63(10)48-18-11-12-19-49(48)64/h11-35H,1-10H3/q+2. The Bertz CT molecular complexity index is 3340. The SMILES string of the molecule is C[N+]1=C=[N+](c2cccc(Oc3cc4c(cc3-c3nc(-c5ccc(C(C)(C)C)cc5)nc(-c5ccc(C(C)(C)C)cc5)n3)c3cc(C(C)(C)C)ccc3n4-c3ccccn3)c2)c2ccccc21. The van der Waals surface area contributed by atoms with Crippen LogP contribution in [0.4, 0.5) is 17.1 Å². The highest BCUT2D eigenvalue weighted by Crippen LogP contribution is 2.43. The summed E-state index contributed by atoms with van der Waals surface area (Å²) < 4.78 is 13.5. The van der Waals surface area contributed by atoms with Gasteiger partial charge in [0.05, 0.1) is 22.7 Å². The molecule has 1 aliphatic heterocycles. The van der Waals surface area contributed by atoms with Gasteiger partial charge >= 0.3 is 6.01 Å². The predicted molar refractivity (Wildman–Crippen MR) is 270 cm³/mol. The van der Waals surface area contributed by atoms with Gasteiger partial charge in [-0.1, -0.05) is 146 Å². The number of benzene rings is 6. The Kier molecular flexibility index (Phi) is 10.2. The van der Waals surface area contributed by atoms with E-state index in [1.165, 1.54) is 16.7 Å². The molecule has 0 N–H and O–H groups in total. The van der Waals surface area contributed by atoms with E-state index in [9.17, 15) is 0 Å². The molecular formula is C58H55N7O+2. The number of fused-ring (bicyclic) bond motifs is 4. The van der Waals surface area contributed by atoms with E-state index < -0.39 is 0 Å². The highest BCUT2D eigenvalue weighted by molar-refractivity contribution is 6.11. The molecule has 0 unspecified atom stereocenters. The monoisotopic (exact) mass is 865 g/mol. The van der Waals surface area contributed by atoms with Crippen molar-refractivity contribution in [3.8, 4) is 51.5 Å². The lowest BCUT2D eigenvalue weighted by Crippen LogP contribution is -2.11. The number of nitrogens with zero attached hydrogens (tertiary/aromatic N) is 7. The molecule has 6 aromatic carbocycles. The molecule has 0 saturated heterocycles. The van der Waals surface area contributed by atoms with Crippen LogP contribution in [0.3, 0.4) is 0 Å². The third-order valence-corrected chi connectivity index (χ3v) is 12.5. The second kappa shape index (κ2) is 15.9. The molecular weight excluding hydrogens is 811 g/mol. The average molecular weight is 866 g/mol. The van der Waals surface area contributed by atoms with Crippen LogP contribution in [-0.4, -0.2) is 42.1 Å². The van der Waals surface area contributed by atoms with Crippen molar-refractivity contribution in [1.82, 2.24) is 29.1 Å². The Labute approximate surface area is 387 Å². The van der Waals surface area contributed by atoms with Crippen LogP contribution in [0.1, 0.15) is 79.0 Å². The molecule has 0 saturated carbocycles. The second-order valence-corrected chi connectivity index (χ2v) is 20.4. The summed E-state index contributed by atoms with van der Waals surface area (Å²) in [5.41, 5.74) is 11.2. The average Bonchev–Trinajstić information content (AvgIpc) is 3.81. The van der Waals surface area contributed by atoms with Gasteiger partial charge in [0.25, 0.3) is 11.4 Å². The summed E-state index contributed by atoms with van der Waals surface area (Å²) in [6, 6.07) is 54.2. The first-order valence-corrected chi connectivity index (χ1v) is 22.7. The first-order valence-electron chi connectivity index (χ1n) is 22.7. The van der Waals surface area contributed by atoms with E-state index in [2.05, 4.69) is 187 Å². The van der Waals surface area contributed by atoms with Gasteiger partial charge in [0.15, 0.2) is 24.5 Å². The summed E-state index contributed by atoms with van der Waals surface area (Å²) in [5, 5.41) is 2.14. The molecule has 0 spiro atoms. The lowest BCUT2D eigenvalue weighted by atomic mass is 9.86. The largest absolute Gasteiger partial charge is 0.496 e. The highest BCUT2D eigenvalue weighted by Gasteiger charge is 2.32. The van der Waals surface area contributed by atoms with Crippen LogP contribution >= 0.6 is 0 Å². The molecule has 0 amide bonds. The fraction of sp³-hybridized carbons (Fsp3) is 0.224. The van der Waals surface area contributed by atoms with Gasteiger partial charge in [-0.2, -0.15) is 0 Å². The normalized spacial score (nSPS) is 12.9. The molecule has 1 aliphatic rings. The number of para-hydroxylation sites is 2. The summed E-state index contributed by atoms with van der Waals surface area (Å²) in [5.74, 6) is 3.73.